The van der Waals surface area contributed by atoms with Crippen LogP contribution in [0.5, 0.6) is 5.75 Å². The van der Waals surface area contributed by atoms with Crippen molar-refractivity contribution in [2.75, 3.05) is 7.11 Å². The molecule has 2 aromatic rings. The molecule has 0 saturated heterocycles. The van der Waals surface area contributed by atoms with Gasteiger partial charge in [0.1, 0.15) is 5.75 Å². The molecule has 0 bridgehead atoms. The number of methoxy groups -OCH3 is 1. The highest BCUT2D eigenvalue weighted by molar-refractivity contribution is 5.94. The zero-order chi connectivity index (χ0) is 13.7. The van der Waals surface area contributed by atoms with Crippen LogP contribution in [0.15, 0.2) is 48.8 Å². The Morgan fingerprint density at radius 3 is 2.58 bits per heavy atom. The predicted molar refractivity (Wildman–Crippen MR) is 73.1 cm³/mol. The van der Waals surface area contributed by atoms with Gasteiger partial charge >= 0.3 is 0 Å². The first kappa shape index (κ1) is 13.1. The lowest BCUT2D eigenvalue weighted by molar-refractivity contribution is 0.0939. The summed E-state index contributed by atoms with van der Waals surface area (Å²) in [6.45, 7) is 1.94. The van der Waals surface area contributed by atoms with Crippen LogP contribution < -0.4 is 10.1 Å². The Kier molecular flexibility index (Phi) is 4.13. The first-order valence-electron chi connectivity index (χ1n) is 6.05. The second-order valence-electron chi connectivity index (χ2n) is 4.21. The number of nitrogens with zero attached hydrogens (tertiary/aromatic N) is 1. The number of benzene rings is 1. The highest BCUT2D eigenvalue weighted by Gasteiger charge is 2.11. The fourth-order valence-electron chi connectivity index (χ4n) is 1.75. The van der Waals surface area contributed by atoms with Crippen LogP contribution in [0.2, 0.25) is 0 Å². The van der Waals surface area contributed by atoms with Crippen LogP contribution in [0, 0.1) is 0 Å². The van der Waals surface area contributed by atoms with Gasteiger partial charge in [-0.1, -0.05) is 12.1 Å². The molecule has 1 atom stereocenters. The monoisotopic (exact) mass is 256 g/mol. The molecular formula is C15H16N2O2. The average Bonchev–Trinajstić information content (AvgIpc) is 2.48. The molecule has 98 valence electrons. The van der Waals surface area contributed by atoms with Crippen LogP contribution in [0.4, 0.5) is 0 Å². The molecule has 0 fully saturated rings. The molecule has 0 unspecified atom stereocenters. The van der Waals surface area contributed by atoms with Crippen molar-refractivity contribution in [3.63, 3.8) is 0 Å². The van der Waals surface area contributed by atoms with Crippen molar-refractivity contribution in [2.45, 2.75) is 13.0 Å². The number of carbonyl (C=O) groups excluding carboxylic acids is 1. The molecule has 0 saturated carbocycles. The lowest BCUT2D eigenvalue weighted by Crippen LogP contribution is -2.26. The van der Waals surface area contributed by atoms with Crippen LogP contribution >= 0.6 is 0 Å². The number of rotatable bonds is 4. The maximum Gasteiger partial charge on any atom is 0.253 e. The Morgan fingerprint density at radius 1 is 1.26 bits per heavy atom. The number of amides is 1. The summed E-state index contributed by atoms with van der Waals surface area (Å²) in [6.07, 6.45) is 3.19. The van der Waals surface area contributed by atoms with Gasteiger partial charge in [0.25, 0.3) is 5.91 Å². The van der Waals surface area contributed by atoms with Crippen molar-refractivity contribution in [1.82, 2.24) is 10.3 Å². The molecule has 4 nitrogen and oxygen atoms in total. The minimum atomic E-state index is -0.128. The van der Waals surface area contributed by atoms with Crippen LogP contribution in [-0.4, -0.2) is 18.0 Å². The largest absolute Gasteiger partial charge is 0.497 e. The van der Waals surface area contributed by atoms with Gasteiger partial charge in [-0.15, -0.1) is 0 Å². The molecular weight excluding hydrogens is 240 g/mol. The van der Waals surface area contributed by atoms with E-state index in [0.29, 0.717) is 5.56 Å². The van der Waals surface area contributed by atoms with E-state index in [1.165, 1.54) is 0 Å². The van der Waals surface area contributed by atoms with Gasteiger partial charge in [0, 0.05) is 12.4 Å². The van der Waals surface area contributed by atoms with E-state index in [4.69, 9.17) is 4.74 Å². The van der Waals surface area contributed by atoms with E-state index >= 15 is 0 Å². The van der Waals surface area contributed by atoms with Gasteiger partial charge in [-0.05, 0) is 36.8 Å². The van der Waals surface area contributed by atoms with Gasteiger partial charge in [0.05, 0.1) is 18.7 Å². The normalized spacial score (nSPS) is 11.7. The molecule has 1 aromatic heterocycles. The van der Waals surface area contributed by atoms with Crippen LogP contribution in [0.25, 0.3) is 0 Å². The average molecular weight is 256 g/mol. The molecule has 0 radical (unpaired) electrons. The summed E-state index contributed by atoms with van der Waals surface area (Å²) in [4.78, 5) is 15.9. The minimum absolute atomic E-state index is 0.0707. The minimum Gasteiger partial charge on any atom is -0.497 e. The van der Waals surface area contributed by atoms with E-state index in [-0.39, 0.29) is 11.9 Å². The molecule has 1 heterocycles. The summed E-state index contributed by atoms with van der Waals surface area (Å²) >= 11 is 0. The lowest BCUT2D eigenvalue weighted by atomic mass is 10.1. The first-order valence-corrected chi connectivity index (χ1v) is 6.05. The quantitative estimate of drug-likeness (QED) is 0.914. The number of pyridine rings is 1. The van der Waals surface area contributed by atoms with Crippen LogP contribution in [0.3, 0.4) is 0 Å². The van der Waals surface area contributed by atoms with Crippen molar-refractivity contribution in [3.05, 3.63) is 59.9 Å². The number of hydrogen-bond donors (Lipinski definition) is 1. The third-order valence-electron chi connectivity index (χ3n) is 2.89. The number of hydrogen-bond acceptors (Lipinski definition) is 3. The van der Waals surface area contributed by atoms with E-state index in [0.717, 1.165) is 11.3 Å². The summed E-state index contributed by atoms with van der Waals surface area (Å²) in [5.74, 6) is 0.672. The highest BCUT2D eigenvalue weighted by Crippen LogP contribution is 2.17. The van der Waals surface area contributed by atoms with Gasteiger partial charge < -0.3 is 10.1 Å². The fourth-order valence-corrected chi connectivity index (χ4v) is 1.75. The smallest absolute Gasteiger partial charge is 0.253 e. The summed E-state index contributed by atoms with van der Waals surface area (Å²) in [5.41, 5.74) is 1.58. The second-order valence-corrected chi connectivity index (χ2v) is 4.21. The molecule has 0 aliphatic heterocycles. The molecule has 19 heavy (non-hydrogen) atoms. The Balaban J connectivity index is 2.04. The molecule has 1 amide bonds. The first-order chi connectivity index (χ1) is 9.20. The van der Waals surface area contributed by atoms with Gasteiger partial charge in [-0.3, -0.25) is 9.78 Å². The predicted octanol–water partition coefficient (Wildman–Crippen LogP) is 2.58. The Hall–Kier alpha value is -2.36. The number of nitrogens with one attached hydrogen (secondary N) is 1. The summed E-state index contributed by atoms with van der Waals surface area (Å²) in [6, 6.07) is 11.0. The lowest BCUT2D eigenvalue weighted by Gasteiger charge is -2.14. The van der Waals surface area contributed by atoms with Gasteiger partial charge in [0.15, 0.2) is 0 Å². The molecule has 0 spiro atoms. The maximum atomic E-state index is 12.0. The van der Waals surface area contributed by atoms with Crippen molar-refractivity contribution in [2.24, 2.45) is 0 Å². The van der Waals surface area contributed by atoms with Gasteiger partial charge in [-0.2, -0.15) is 0 Å². The Bertz CT molecular complexity index is 538. The molecule has 2 rings (SSSR count). The highest BCUT2D eigenvalue weighted by atomic mass is 16.5. The summed E-state index contributed by atoms with van der Waals surface area (Å²) in [5, 5.41) is 2.93. The molecule has 1 N–H and O–H groups in total. The zero-order valence-corrected chi connectivity index (χ0v) is 11.0. The third-order valence-corrected chi connectivity index (χ3v) is 2.89. The molecule has 1 aromatic carbocycles. The molecule has 0 aliphatic rings. The van der Waals surface area contributed by atoms with Crippen molar-refractivity contribution < 1.29 is 9.53 Å². The topological polar surface area (TPSA) is 51.2 Å². The molecule has 4 heteroatoms. The number of aromatic nitrogens is 1. The Labute approximate surface area is 112 Å². The standard InChI is InChI=1S/C15H16N2O2/c1-11(12-5-7-14(19-2)8-6-12)17-15(18)13-4-3-9-16-10-13/h3-11H,1-2H3,(H,17,18)/t11-/m0/s1. The summed E-state index contributed by atoms with van der Waals surface area (Å²) in [7, 11) is 1.63. The van der Waals surface area contributed by atoms with E-state index in [2.05, 4.69) is 10.3 Å². The van der Waals surface area contributed by atoms with Crippen molar-refractivity contribution in [3.8, 4) is 5.75 Å². The SMILES string of the molecule is COc1ccc([C@H](C)NC(=O)c2cccnc2)cc1. The van der Waals surface area contributed by atoms with Crippen LogP contribution in [-0.2, 0) is 0 Å². The van der Waals surface area contributed by atoms with E-state index < -0.39 is 0 Å². The fraction of sp³-hybridized carbons (Fsp3) is 0.200. The van der Waals surface area contributed by atoms with Crippen molar-refractivity contribution in [1.29, 1.82) is 0 Å². The van der Waals surface area contributed by atoms with Gasteiger partial charge in [0.2, 0.25) is 0 Å². The van der Waals surface area contributed by atoms with E-state index in [1.54, 1.807) is 31.6 Å². The number of ether oxygens (including phenoxy) is 1. The van der Waals surface area contributed by atoms with Gasteiger partial charge in [-0.25, -0.2) is 0 Å². The Morgan fingerprint density at radius 2 is 2.00 bits per heavy atom. The number of carbonyl (C=O) groups is 1. The second kappa shape index (κ2) is 6.00. The zero-order valence-electron chi connectivity index (χ0n) is 11.0. The third kappa shape index (κ3) is 3.31. The van der Waals surface area contributed by atoms with Crippen LogP contribution in [0.1, 0.15) is 28.9 Å². The summed E-state index contributed by atoms with van der Waals surface area (Å²) < 4.78 is 5.10. The van der Waals surface area contributed by atoms with E-state index in [1.807, 2.05) is 31.2 Å². The van der Waals surface area contributed by atoms with Crippen molar-refractivity contribution >= 4 is 5.91 Å². The van der Waals surface area contributed by atoms with E-state index in [9.17, 15) is 4.79 Å². The molecule has 0 aliphatic carbocycles. The maximum absolute atomic E-state index is 12.0.